The predicted octanol–water partition coefficient (Wildman–Crippen LogP) is 5.04. The van der Waals surface area contributed by atoms with Crippen molar-refractivity contribution in [3.63, 3.8) is 0 Å². The molecule has 0 aliphatic carbocycles. The van der Waals surface area contributed by atoms with Crippen molar-refractivity contribution in [3.8, 4) is 0 Å². The van der Waals surface area contributed by atoms with Crippen LogP contribution in [0.1, 0.15) is 33.3 Å². The number of aromatic nitrogens is 2. The largest absolute Gasteiger partial charge is 0.312 e. The van der Waals surface area contributed by atoms with Gasteiger partial charge in [0, 0.05) is 39.6 Å². The first kappa shape index (κ1) is 20.0. The maximum absolute atomic E-state index is 12.5. The lowest BCUT2D eigenvalue weighted by Crippen LogP contribution is -2.24. The minimum atomic E-state index is -0.251. The Labute approximate surface area is 185 Å². The molecule has 0 spiro atoms. The summed E-state index contributed by atoms with van der Waals surface area (Å²) in [4.78, 5) is 26.6. The smallest absolute Gasteiger partial charge is 0.257 e. The summed E-state index contributed by atoms with van der Waals surface area (Å²) in [5, 5.41) is 12.8. The first-order chi connectivity index (χ1) is 13.9. The van der Waals surface area contributed by atoms with Gasteiger partial charge in [-0.1, -0.05) is 44.9 Å². The molecule has 1 aliphatic rings. The Bertz CT molecular complexity index is 1090. The van der Waals surface area contributed by atoms with Crippen LogP contribution < -0.4 is 10.2 Å². The molecule has 0 saturated carbocycles. The molecule has 0 radical (unpaired) electrons. The molecule has 3 aromatic rings. The second-order valence-electron chi connectivity index (χ2n) is 6.75. The summed E-state index contributed by atoms with van der Waals surface area (Å²) in [5.41, 5.74) is 2.28. The highest BCUT2D eigenvalue weighted by molar-refractivity contribution is 9.10. The molecule has 1 fully saturated rings. The number of nitrogens with zero attached hydrogens (tertiary/aromatic N) is 3. The van der Waals surface area contributed by atoms with Crippen LogP contribution in [0.4, 0.5) is 10.8 Å². The molecule has 6 nitrogen and oxygen atoms in total. The summed E-state index contributed by atoms with van der Waals surface area (Å²) in [6.45, 7) is 2.43. The minimum absolute atomic E-state index is 0.0190. The van der Waals surface area contributed by atoms with Crippen molar-refractivity contribution in [1.29, 1.82) is 0 Å². The highest BCUT2D eigenvalue weighted by Crippen LogP contribution is 2.35. The van der Waals surface area contributed by atoms with Gasteiger partial charge in [-0.05, 0) is 48.9 Å². The molecule has 4 rings (SSSR count). The zero-order chi connectivity index (χ0) is 20.5. The first-order valence-electron chi connectivity index (χ1n) is 8.87. The molecule has 2 aromatic carbocycles. The van der Waals surface area contributed by atoms with Gasteiger partial charge in [-0.2, -0.15) is 0 Å². The lowest BCUT2D eigenvalue weighted by atomic mass is 10.1. The number of hydrogen-bond donors (Lipinski definition) is 1. The van der Waals surface area contributed by atoms with Gasteiger partial charge in [0.05, 0.1) is 0 Å². The number of hydrogen-bond acceptors (Lipinski definition) is 5. The molecule has 1 saturated heterocycles. The third kappa shape index (κ3) is 4.34. The van der Waals surface area contributed by atoms with E-state index >= 15 is 0 Å². The maximum Gasteiger partial charge on any atom is 0.257 e. The predicted molar refractivity (Wildman–Crippen MR) is 118 cm³/mol. The van der Waals surface area contributed by atoms with Gasteiger partial charge in [-0.25, -0.2) is 0 Å². The fourth-order valence-corrected chi connectivity index (χ4v) is 4.36. The Morgan fingerprint density at radius 1 is 1.24 bits per heavy atom. The Morgan fingerprint density at radius 2 is 2.00 bits per heavy atom. The van der Waals surface area contributed by atoms with Gasteiger partial charge in [0.1, 0.15) is 5.01 Å². The van der Waals surface area contributed by atoms with Crippen molar-refractivity contribution in [2.45, 2.75) is 19.3 Å². The zero-order valence-electron chi connectivity index (χ0n) is 15.4. The molecule has 1 atom stereocenters. The summed E-state index contributed by atoms with van der Waals surface area (Å²) in [6.07, 6.45) is 0.348. The van der Waals surface area contributed by atoms with Crippen LogP contribution in [0, 0.1) is 6.92 Å². The SMILES string of the molecule is Cc1ccc(N2CC(c3nnc(NC(=O)c4ccc(Br)cc4)s3)CC2=O)cc1Cl. The standard InChI is InChI=1S/C20H16BrClN4O2S/c1-11-2-7-15(9-16(11)22)26-10-13(8-17(26)27)19-24-25-20(29-19)23-18(28)12-3-5-14(21)6-4-12/h2-7,9,13H,8,10H2,1H3,(H,23,25,28). The van der Waals surface area contributed by atoms with Crippen molar-refractivity contribution in [3.05, 3.63) is 68.1 Å². The van der Waals surface area contributed by atoms with Crippen LogP contribution >= 0.6 is 38.9 Å². The van der Waals surface area contributed by atoms with E-state index in [1.165, 1.54) is 11.3 Å². The summed E-state index contributed by atoms with van der Waals surface area (Å²) in [5.74, 6) is -0.303. The summed E-state index contributed by atoms with van der Waals surface area (Å²) < 4.78 is 0.901. The van der Waals surface area contributed by atoms with Crippen molar-refractivity contribution in [2.75, 3.05) is 16.8 Å². The van der Waals surface area contributed by atoms with E-state index in [2.05, 4.69) is 31.4 Å². The van der Waals surface area contributed by atoms with Crippen molar-refractivity contribution in [2.24, 2.45) is 0 Å². The molecule has 29 heavy (non-hydrogen) atoms. The molecule has 9 heteroatoms. The fraction of sp³-hybridized carbons (Fsp3) is 0.200. The highest BCUT2D eigenvalue weighted by Gasteiger charge is 2.34. The van der Waals surface area contributed by atoms with Crippen LogP contribution in [0.2, 0.25) is 5.02 Å². The third-order valence-electron chi connectivity index (χ3n) is 4.71. The molecule has 2 heterocycles. The second kappa shape index (κ2) is 8.22. The van der Waals surface area contributed by atoms with E-state index in [0.717, 1.165) is 20.7 Å². The molecule has 1 aliphatic heterocycles. The van der Waals surface area contributed by atoms with E-state index in [0.29, 0.717) is 28.7 Å². The van der Waals surface area contributed by atoms with Crippen molar-refractivity contribution in [1.82, 2.24) is 10.2 Å². The molecule has 1 unspecified atom stereocenters. The van der Waals surface area contributed by atoms with Gasteiger partial charge in [-0.3, -0.25) is 14.9 Å². The highest BCUT2D eigenvalue weighted by atomic mass is 79.9. The van der Waals surface area contributed by atoms with Crippen LogP contribution in [0.15, 0.2) is 46.9 Å². The van der Waals surface area contributed by atoms with E-state index in [9.17, 15) is 9.59 Å². The van der Waals surface area contributed by atoms with E-state index in [1.54, 1.807) is 35.2 Å². The molecular weight excluding hydrogens is 476 g/mol. The topological polar surface area (TPSA) is 75.2 Å². The van der Waals surface area contributed by atoms with E-state index < -0.39 is 0 Å². The lowest BCUT2D eigenvalue weighted by Gasteiger charge is -2.17. The van der Waals surface area contributed by atoms with Crippen LogP contribution in [-0.2, 0) is 4.79 Å². The second-order valence-corrected chi connectivity index (χ2v) is 9.08. The summed E-state index contributed by atoms with van der Waals surface area (Å²) in [7, 11) is 0. The van der Waals surface area contributed by atoms with Crippen LogP contribution in [0.3, 0.4) is 0 Å². The van der Waals surface area contributed by atoms with Gasteiger partial charge >= 0.3 is 0 Å². The van der Waals surface area contributed by atoms with Gasteiger partial charge in [0.15, 0.2) is 0 Å². The van der Waals surface area contributed by atoms with Gasteiger partial charge in [0.25, 0.3) is 5.91 Å². The number of anilines is 2. The Kier molecular flexibility index (Phi) is 5.67. The number of halogens is 2. The summed E-state index contributed by atoms with van der Waals surface area (Å²) in [6, 6.07) is 12.7. The Morgan fingerprint density at radius 3 is 2.72 bits per heavy atom. The van der Waals surface area contributed by atoms with Crippen LogP contribution in [0.5, 0.6) is 0 Å². The number of carbonyl (C=O) groups excluding carboxylic acids is 2. The number of nitrogens with one attached hydrogen (secondary N) is 1. The molecular formula is C20H16BrClN4O2S. The normalized spacial score (nSPS) is 16.3. The number of benzene rings is 2. The van der Waals surface area contributed by atoms with Crippen molar-refractivity contribution >= 4 is 61.5 Å². The van der Waals surface area contributed by atoms with Gasteiger partial charge in [-0.15, -0.1) is 10.2 Å². The Hall–Kier alpha value is -2.29. The quantitative estimate of drug-likeness (QED) is 0.555. The fourth-order valence-electron chi connectivity index (χ4n) is 3.09. The molecule has 148 valence electrons. The molecule has 0 bridgehead atoms. The van der Waals surface area contributed by atoms with Gasteiger partial charge < -0.3 is 4.90 Å². The molecule has 2 amide bonds. The van der Waals surface area contributed by atoms with Crippen LogP contribution in [-0.4, -0.2) is 28.6 Å². The number of rotatable bonds is 4. The monoisotopic (exact) mass is 490 g/mol. The minimum Gasteiger partial charge on any atom is -0.312 e. The first-order valence-corrected chi connectivity index (χ1v) is 10.9. The summed E-state index contributed by atoms with van der Waals surface area (Å²) >= 11 is 10.8. The van der Waals surface area contributed by atoms with E-state index in [4.69, 9.17) is 11.6 Å². The number of aryl methyl sites for hydroxylation is 1. The average molecular weight is 492 g/mol. The lowest BCUT2D eigenvalue weighted by molar-refractivity contribution is -0.117. The van der Waals surface area contributed by atoms with E-state index in [1.807, 2.05) is 19.1 Å². The molecule has 1 N–H and O–H groups in total. The number of amides is 2. The maximum atomic E-state index is 12.5. The average Bonchev–Trinajstić information content (AvgIpc) is 3.31. The third-order valence-corrected chi connectivity index (χ3v) is 6.65. The Balaban J connectivity index is 1.45. The molecule has 1 aromatic heterocycles. The van der Waals surface area contributed by atoms with Crippen LogP contribution in [0.25, 0.3) is 0 Å². The number of carbonyl (C=O) groups is 2. The van der Waals surface area contributed by atoms with Crippen molar-refractivity contribution < 1.29 is 9.59 Å². The van der Waals surface area contributed by atoms with E-state index in [-0.39, 0.29) is 17.7 Å². The zero-order valence-corrected chi connectivity index (χ0v) is 18.5. The van der Waals surface area contributed by atoms with Gasteiger partial charge in [0.2, 0.25) is 11.0 Å².